The van der Waals surface area contributed by atoms with Gasteiger partial charge in [-0.15, -0.1) is 0 Å². The van der Waals surface area contributed by atoms with Crippen LogP contribution in [0.25, 0.3) is 5.52 Å². The largest absolute Gasteiger partial charge is 0.353 e. The highest BCUT2D eigenvalue weighted by Crippen LogP contribution is 2.18. The molecule has 0 saturated carbocycles. The van der Waals surface area contributed by atoms with Crippen LogP contribution in [-0.2, 0) is 0 Å². The Morgan fingerprint density at radius 2 is 1.83 bits per heavy atom. The molecule has 6 heteroatoms. The first-order valence-electron chi connectivity index (χ1n) is 7.94. The van der Waals surface area contributed by atoms with Gasteiger partial charge >= 0.3 is 0 Å². The normalized spacial score (nSPS) is 15.0. The van der Waals surface area contributed by atoms with Gasteiger partial charge in [-0.2, -0.15) is 0 Å². The van der Waals surface area contributed by atoms with Gasteiger partial charge in [-0.1, -0.05) is 17.7 Å². The van der Waals surface area contributed by atoms with E-state index in [2.05, 4.69) is 9.88 Å². The Morgan fingerprint density at radius 3 is 2.58 bits per heavy atom. The molecule has 0 atom stereocenters. The second kappa shape index (κ2) is 6.17. The van der Waals surface area contributed by atoms with E-state index in [1.165, 1.54) is 0 Å². The molecule has 4 rings (SSSR count). The Bertz CT molecular complexity index is 866. The monoisotopic (exact) mass is 340 g/mol. The first kappa shape index (κ1) is 15.0. The maximum Gasteiger partial charge on any atom is 0.270 e. The van der Waals surface area contributed by atoms with Crippen LogP contribution in [0.5, 0.6) is 0 Å². The molecule has 4 heterocycles. The number of pyridine rings is 2. The summed E-state index contributed by atoms with van der Waals surface area (Å²) in [5, 5.41) is 0.632. The van der Waals surface area contributed by atoms with Crippen LogP contribution in [0, 0.1) is 0 Å². The van der Waals surface area contributed by atoms with E-state index < -0.39 is 0 Å². The highest BCUT2D eigenvalue weighted by atomic mass is 35.5. The van der Waals surface area contributed by atoms with E-state index in [-0.39, 0.29) is 5.91 Å². The van der Waals surface area contributed by atoms with Gasteiger partial charge in [-0.25, -0.2) is 4.98 Å². The second-order valence-electron chi connectivity index (χ2n) is 5.83. The summed E-state index contributed by atoms with van der Waals surface area (Å²) in [5.74, 6) is 0.976. The average Bonchev–Trinajstić information content (AvgIpc) is 3.06. The minimum atomic E-state index is 0.0740. The van der Waals surface area contributed by atoms with Gasteiger partial charge in [0.15, 0.2) is 0 Å². The Balaban J connectivity index is 1.47. The lowest BCUT2D eigenvalue weighted by Crippen LogP contribution is -2.49. The number of carbonyl (C=O) groups excluding carboxylic acids is 1. The minimum Gasteiger partial charge on any atom is -0.353 e. The highest BCUT2D eigenvalue weighted by molar-refractivity contribution is 6.30. The molecule has 0 unspecified atom stereocenters. The van der Waals surface area contributed by atoms with Crippen molar-refractivity contribution in [3.05, 3.63) is 65.6 Å². The van der Waals surface area contributed by atoms with Crippen molar-refractivity contribution in [3.63, 3.8) is 0 Å². The van der Waals surface area contributed by atoms with Crippen LogP contribution in [0.2, 0.25) is 5.02 Å². The summed E-state index contributed by atoms with van der Waals surface area (Å²) in [7, 11) is 0. The Hall–Kier alpha value is -2.53. The average molecular weight is 341 g/mol. The zero-order chi connectivity index (χ0) is 16.5. The predicted molar refractivity (Wildman–Crippen MR) is 94.8 cm³/mol. The topological polar surface area (TPSA) is 40.9 Å². The quantitative estimate of drug-likeness (QED) is 0.720. The molecule has 0 bridgehead atoms. The zero-order valence-corrected chi connectivity index (χ0v) is 13.9. The molecule has 24 heavy (non-hydrogen) atoms. The molecule has 1 aliphatic heterocycles. The van der Waals surface area contributed by atoms with Crippen LogP contribution in [0.4, 0.5) is 5.82 Å². The first-order valence-corrected chi connectivity index (χ1v) is 8.32. The minimum absolute atomic E-state index is 0.0740. The SMILES string of the molecule is O=C(c1ccc2ccccn12)N1CCN(c2ccc(Cl)cn2)CC1. The predicted octanol–water partition coefficient (Wildman–Crippen LogP) is 2.95. The Labute approximate surface area is 145 Å². The van der Waals surface area contributed by atoms with Crippen molar-refractivity contribution in [2.24, 2.45) is 0 Å². The van der Waals surface area contributed by atoms with Crippen LogP contribution in [-0.4, -0.2) is 46.4 Å². The van der Waals surface area contributed by atoms with E-state index in [0.717, 1.165) is 24.4 Å². The van der Waals surface area contributed by atoms with Crippen molar-refractivity contribution in [1.82, 2.24) is 14.3 Å². The van der Waals surface area contributed by atoms with Crippen molar-refractivity contribution in [2.75, 3.05) is 31.1 Å². The fourth-order valence-electron chi connectivity index (χ4n) is 3.09. The van der Waals surface area contributed by atoms with Gasteiger partial charge in [-0.3, -0.25) is 4.79 Å². The summed E-state index contributed by atoms with van der Waals surface area (Å²) in [4.78, 5) is 21.2. The number of anilines is 1. The van der Waals surface area contributed by atoms with Gasteiger partial charge in [0.2, 0.25) is 0 Å². The third-order valence-corrected chi connectivity index (χ3v) is 4.61. The van der Waals surface area contributed by atoms with Gasteiger partial charge < -0.3 is 14.2 Å². The number of aromatic nitrogens is 2. The Morgan fingerprint density at radius 1 is 1.00 bits per heavy atom. The van der Waals surface area contributed by atoms with E-state index >= 15 is 0 Å². The molecular formula is C18H17ClN4O. The lowest BCUT2D eigenvalue weighted by Gasteiger charge is -2.35. The maximum absolute atomic E-state index is 12.8. The van der Waals surface area contributed by atoms with Gasteiger partial charge in [0.1, 0.15) is 11.5 Å². The first-order chi connectivity index (χ1) is 11.7. The lowest BCUT2D eigenvalue weighted by molar-refractivity contribution is 0.0739. The van der Waals surface area contributed by atoms with Crippen molar-refractivity contribution in [3.8, 4) is 0 Å². The van der Waals surface area contributed by atoms with E-state index in [0.29, 0.717) is 23.8 Å². The summed E-state index contributed by atoms with van der Waals surface area (Å²) in [6.07, 6.45) is 3.58. The highest BCUT2D eigenvalue weighted by Gasteiger charge is 2.24. The van der Waals surface area contributed by atoms with E-state index in [9.17, 15) is 4.79 Å². The number of hydrogen-bond acceptors (Lipinski definition) is 3. The molecule has 1 saturated heterocycles. The van der Waals surface area contributed by atoms with E-state index in [4.69, 9.17) is 11.6 Å². The molecule has 0 spiro atoms. The molecule has 122 valence electrons. The molecule has 1 aliphatic rings. The summed E-state index contributed by atoms with van der Waals surface area (Å²) in [6, 6.07) is 13.5. The fraction of sp³-hybridized carbons (Fsp3) is 0.222. The summed E-state index contributed by atoms with van der Waals surface area (Å²) < 4.78 is 1.94. The van der Waals surface area contributed by atoms with Crippen LogP contribution in [0.15, 0.2) is 54.9 Å². The third-order valence-electron chi connectivity index (χ3n) is 4.38. The molecule has 0 aliphatic carbocycles. The molecular weight excluding hydrogens is 324 g/mol. The van der Waals surface area contributed by atoms with Crippen LogP contribution in [0.3, 0.4) is 0 Å². The molecule has 3 aromatic heterocycles. The zero-order valence-electron chi connectivity index (χ0n) is 13.1. The number of carbonyl (C=O) groups is 1. The third kappa shape index (κ3) is 2.71. The number of fused-ring (bicyclic) bond motifs is 1. The van der Waals surface area contributed by atoms with Crippen molar-refractivity contribution >= 4 is 28.8 Å². The standard InChI is InChI=1S/C18H17ClN4O/c19-14-4-7-17(20-13-14)21-9-11-22(12-10-21)18(24)16-6-5-15-3-1-2-8-23(15)16/h1-8,13H,9-12H2. The number of halogens is 1. The molecule has 5 nitrogen and oxygen atoms in total. The summed E-state index contributed by atoms with van der Waals surface area (Å²) in [5.41, 5.74) is 1.74. The van der Waals surface area contributed by atoms with Gasteiger partial charge in [0.05, 0.1) is 5.02 Å². The van der Waals surface area contributed by atoms with Crippen LogP contribution >= 0.6 is 11.6 Å². The lowest BCUT2D eigenvalue weighted by atomic mass is 10.2. The molecule has 1 fully saturated rings. The number of amides is 1. The van der Waals surface area contributed by atoms with Crippen LogP contribution in [0.1, 0.15) is 10.5 Å². The van der Waals surface area contributed by atoms with Crippen molar-refractivity contribution < 1.29 is 4.79 Å². The molecule has 0 N–H and O–H groups in total. The van der Waals surface area contributed by atoms with Crippen molar-refractivity contribution in [1.29, 1.82) is 0 Å². The molecule has 3 aromatic rings. The summed E-state index contributed by atoms with van der Waals surface area (Å²) >= 11 is 5.88. The maximum atomic E-state index is 12.8. The molecule has 0 radical (unpaired) electrons. The molecule has 0 aromatic carbocycles. The van der Waals surface area contributed by atoms with E-state index in [1.807, 2.05) is 58.0 Å². The number of rotatable bonds is 2. The second-order valence-corrected chi connectivity index (χ2v) is 6.26. The van der Waals surface area contributed by atoms with Crippen molar-refractivity contribution in [2.45, 2.75) is 0 Å². The fourth-order valence-corrected chi connectivity index (χ4v) is 3.20. The van der Waals surface area contributed by atoms with Gasteiger partial charge in [-0.05, 0) is 36.4 Å². The van der Waals surface area contributed by atoms with Crippen LogP contribution < -0.4 is 4.90 Å². The smallest absolute Gasteiger partial charge is 0.270 e. The number of piperazine rings is 1. The number of hydrogen-bond donors (Lipinski definition) is 0. The molecule has 1 amide bonds. The number of nitrogens with zero attached hydrogens (tertiary/aromatic N) is 4. The summed E-state index contributed by atoms with van der Waals surface area (Å²) in [6.45, 7) is 2.90. The Kier molecular flexibility index (Phi) is 3.86. The van der Waals surface area contributed by atoms with Gasteiger partial charge in [0.25, 0.3) is 5.91 Å². The van der Waals surface area contributed by atoms with Gasteiger partial charge in [0, 0.05) is 44.1 Å². The van der Waals surface area contributed by atoms with E-state index in [1.54, 1.807) is 6.20 Å².